The van der Waals surface area contributed by atoms with Crippen LogP contribution in [0.4, 0.5) is 13.2 Å². The number of hydrogen-bond acceptors (Lipinski definition) is 0. The Bertz CT molecular complexity index is 276. The third-order valence-electron chi connectivity index (χ3n) is 3.19. The molecule has 0 aliphatic heterocycles. The highest BCUT2D eigenvalue weighted by molar-refractivity contribution is 5.23. The maximum absolute atomic E-state index is 13.9. The molecule has 3 heteroatoms. The summed E-state index contributed by atoms with van der Waals surface area (Å²) < 4.78 is 41.3. The minimum atomic E-state index is -3.20. The summed E-state index contributed by atoms with van der Waals surface area (Å²) in [6.07, 6.45) is 6.96. The summed E-state index contributed by atoms with van der Waals surface area (Å²) in [6.45, 7) is 0. The molecular formula is C11H13F3. The fourth-order valence-electron chi connectivity index (χ4n) is 1.95. The van der Waals surface area contributed by atoms with Gasteiger partial charge in [0.25, 0.3) is 5.92 Å². The standard InChI is InChI=1S/C11H13F3/c12-10(7-2-1-3-8-10)11(13,14)9-5-4-6-9/h1-3,7,9H,4-6,8H2. The predicted octanol–water partition coefficient (Wildman–Crippen LogP) is 3.65. The molecule has 0 saturated heterocycles. The molecule has 2 aliphatic rings. The predicted molar refractivity (Wildman–Crippen MR) is 49.0 cm³/mol. The molecule has 1 atom stereocenters. The van der Waals surface area contributed by atoms with E-state index < -0.39 is 17.5 Å². The largest absolute Gasteiger partial charge is 0.288 e. The lowest BCUT2D eigenvalue weighted by Crippen LogP contribution is -2.50. The molecule has 0 aromatic carbocycles. The molecule has 0 nitrogen and oxygen atoms in total. The summed E-state index contributed by atoms with van der Waals surface area (Å²) in [5.74, 6) is -3.96. The molecule has 2 aliphatic carbocycles. The van der Waals surface area contributed by atoms with E-state index in [2.05, 4.69) is 0 Å². The molecule has 0 aromatic heterocycles. The molecule has 0 radical (unpaired) electrons. The summed E-state index contributed by atoms with van der Waals surface area (Å²) in [5.41, 5.74) is -2.45. The summed E-state index contributed by atoms with van der Waals surface area (Å²) in [4.78, 5) is 0. The fraction of sp³-hybridized carbons (Fsp3) is 0.636. The van der Waals surface area contributed by atoms with Crippen LogP contribution in [0.15, 0.2) is 24.3 Å². The average molecular weight is 202 g/mol. The van der Waals surface area contributed by atoms with E-state index in [0.29, 0.717) is 12.8 Å². The number of alkyl halides is 3. The topological polar surface area (TPSA) is 0 Å². The van der Waals surface area contributed by atoms with Gasteiger partial charge in [-0.15, -0.1) is 0 Å². The molecule has 0 N–H and O–H groups in total. The van der Waals surface area contributed by atoms with Gasteiger partial charge in [-0.1, -0.05) is 24.6 Å². The van der Waals surface area contributed by atoms with E-state index in [9.17, 15) is 13.2 Å². The Morgan fingerprint density at radius 3 is 2.36 bits per heavy atom. The van der Waals surface area contributed by atoms with E-state index in [-0.39, 0.29) is 6.42 Å². The summed E-state index contributed by atoms with van der Waals surface area (Å²) >= 11 is 0. The molecule has 78 valence electrons. The number of allylic oxidation sites excluding steroid dienone is 4. The summed E-state index contributed by atoms with van der Waals surface area (Å²) in [7, 11) is 0. The van der Waals surface area contributed by atoms with Gasteiger partial charge in [0.15, 0.2) is 5.67 Å². The SMILES string of the molecule is FC1(C(F)(F)C2CCC2)C=CC=CC1. The van der Waals surface area contributed by atoms with E-state index in [4.69, 9.17) is 0 Å². The zero-order chi connectivity index (χ0) is 10.2. The van der Waals surface area contributed by atoms with Gasteiger partial charge >= 0.3 is 0 Å². The smallest absolute Gasteiger partial charge is 0.232 e. The maximum atomic E-state index is 13.9. The van der Waals surface area contributed by atoms with Gasteiger partial charge in [0.2, 0.25) is 0 Å². The fourth-order valence-corrected chi connectivity index (χ4v) is 1.95. The molecule has 1 unspecified atom stereocenters. The van der Waals surface area contributed by atoms with E-state index in [0.717, 1.165) is 12.5 Å². The zero-order valence-corrected chi connectivity index (χ0v) is 7.85. The molecular weight excluding hydrogens is 189 g/mol. The highest BCUT2D eigenvalue weighted by atomic mass is 19.3. The monoisotopic (exact) mass is 202 g/mol. The minimum Gasteiger partial charge on any atom is -0.232 e. The molecule has 1 saturated carbocycles. The van der Waals surface area contributed by atoms with Crippen molar-refractivity contribution in [3.63, 3.8) is 0 Å². The quantitative estimate of drug-likeness (QED) is 0.641. The first-order valence-electron chi connectivity index (χ1n) is 4.97. The van der Waals surface area contributed by atoms with Crippen LogP contribution in [-0.2, 0) is 0 Å². The van der Waals surface area contributed by atoms with Crippen LogP contribution in [0.3, 0.4) is 0 Å². The maximum Gasteiger partial charge on any atom is 0.288 e. The zero-order valence-electron chi connectivity index (χ0n) is 7.85. The van der Waals surface area contributed by atoms with Crippen molar-refractivity contribution in [3.05, 3.63) is 24.3 Å². The lowest BCUT2D eigenvalue weighted by molar-refractivity contribution is -0.171. The van der Waals surface area contributed by atoms with Gasteiger partial charge in [-0.25, -0.2) is 13.2 Å². The Labute approximate surface area is 81.5 Å². The van der Waals surface area contributed by atoms with Gasteiger partial charge in [0.1, 0.15) is 0 Å². The van der Waals surface area contributed by atoms with Crippen molar-refractivity contribution in [2.45, 2.75) is 37.3 Å². The Morgan fingerprint density at radius 1 is 1.21 bits per heavy atom. The second-order valence-electron chi connectivity index (χ2n) is 4.10. The molecule has 0 amide bonds. The van der Waals surface area contributed by atoms with Gasteiger partial charge in [-0.05, 0) is 18.9 Å². The van der Waals surface area contributed by atoms with E-state index in [1.54, 1.807) is 6.08 Å². The lowest BCUT2D eigenvalue weighted by atomic mass is 9.73. The van der Waals surface area contributed by atoms with Crippen molar-refractivity contribution in [1.82, 2.24) is 0 Å². The van der Waals surface area contributed by atoms with Crippen LogP contribution in [0.5, 0.6) is 0 Å². The molecule has 0 spiro atoms. The molecule has 0 heterocycles. The van der Waals surface area contributed by atoms with Gasteiger partial charge in [0.05, 0.1) is 0 Å². The average Bonchev–Trinajstić information content (AvgIpc) is 2.01. The number of halogens is 3. The van der Waals surface area contributed by atoms with Crippen LogP contribution in [-0.4, -0.2) is 11.6 Å². The minimum absolute atomic E-state index is 0.201. The van der Waals surface area contributed by atoms with Crippen molar-refractivity contribution < 1.29 is 13.2 Å². The highest BCUT2D eigenvalue weighted by Gasteiger charge is 2.58. The van der Waals surface area contributed by atoms with Crippen molar-refractivity contribution in [1.29, 1.82) is 0 Å². The molecule has 0 aromatic rings. The number of rotatable bonds is 2. The third kappa shape index (κ3) is 1.30. The molecule has 14 heavy (non-hydrogen) atoms. The summed E-state index contributed by atoms with van der Waals surface area (Å²) in [5, 5.41) is 0. The van der Waals surface area contributed by atoms with E-state index >= 15 is 0 Å². The van der Waals surface area contributed by atoms with Gasteiger partial charge < -0.3 is 0 Å². The van der Waals surface area contributed by atoms with E-state index in [1.807, 2.05) is 0 Å². The Balaban J connectivity index is 2.18. The van der Waals surface area contributed by atoms with Crippen LogP contribution < -0.4 is 0 Å². The third-order valence-corrected chi connectivity index (χ3v) is 3.19. The Morgan fingerprint density at radius 2 is 1.93 bits per heavy atom. The van der Waals surface area contributed by atoms with Gasteiger partial charge in [0, 0.05) is 12.3 Å². The second-order valence-corrected chi connectivity index (χ2v) is 4.10. The normalized spacial score (nSPS) is 33.1. The van der Waals surface area contributed by atoms with Crippen molar-refractivity contribution in [2.75, 3.05) is 0 Å². The van der Waals surface area contributed by atoms with Crippen LogP contribution in [0.2, 0.25) is 0 Å². The first-order valence-corrected chi connectivity index (χ1v) is 4.97. The van der Waals surface area contributed by atoms with Crippen LogP contribution in [0, 0.1) is 5.92 Å². The molecule has 2 rings (SSSR count). The van der Waals surface area contributed by atoms with Crippen LogP contribution in [0.25, 0.3) is 0 Å². The van der Waals surface area contributed by atoms with Crippen molar-refractivity contribution in [3.8, 4) is 0 Å². The first-order chi connectivity index (χ1) is 6.56. The van der Waals surface area contributed by atoms with Gasteiger partial charge in [-0.3, -0.25) is 0 Å². The first kappa shape index (κ1) is 9.81. The lowest BCUT2D eigenvalue weighted by Gasteiger charge is -2.41. The van der Waals surface area contributed by atoms with Gasteiger partial charge in [-0.2, -0.15) is 0 Å². The second kappa shape index (κ2) is 3.14. The molecule has 1 fully saturated rings. The number of hydrogen-bond donors (Lipinski definition) is 0. The van der Waals surface area contributed by atoms with Crippen molar-refractivity contribution >= 4 is 0 Å². The molecule has 0 bridgehead atoms. The van der Waals surface area contributed by atoms with E-state index in [1.165, 1.54) is 12.2 Å². The Kier molecular flexibility index (Phi) is 2.20. The summed E-state index contributed by atoms with van der Waals surface area (Å²) in [6, 6.07) is 0. The van der Waals surface area contributed by atoms with Crippen LogP contribution in [0.1, 0.15) is 25.7 Å². The van der Waals surface area contributed by atoms with Crippen molar-refractivity contribution in [2.24, 2.45) is 5.92 Å². The Hall–Kier alpha value is -0.730. The highest BCUT2D eigenvalue weighted by Crippen LogP contribution is 2.50. The van der Waals surface area contributed by atoms with Crippen LogP contribution >= 0.6 is 0 Å².